The molecule has 1 atom stereocenters. The topological polar surface area (TPSA) is 34.9 Å². The van der Waals surface area contributed by atoms with Crippen LogP contribution in [0.1, 0.15) is 25.8 Å². The summed E-state index contributed by atoms with van der Waals surface area (Å²) in [4.78, 5) is 16.1. The molecule has 1 saturated carbocycles. The van der Waals surface area contributed by atoms with E-state index >= 15 is 0 Å². The number of halogens is 1. The second kappa shape index (κ2) is 5.23. The predicted molar refractivity (Wildman–Crippen MR) is 67.4 cm³/mol. The third-order valence-electron chi connectivity index (χ3n) is 2.54. The van der Waals surface area contributed by atoms with Gasteiger partial charge < -0.3 is 4.57 Å². The smallest absolute Gasteiger partial charge is 0.283 e. The number of rotatable bonds is 5. The number of alkyl halides is 1. The van der Waals surface area contributed by atoms with Gasteiger partial charge in [-0.05, 0) is 18.8 Å². The molecule has 2 rings (SSSR count). The van der Waals surface area contributed by atoms with E-state index in [9.17, 15) is 4.79 Å². The summed E-state index contributed by atoms with van der Waals surface area (Å²) in [7, 11) is 0. The van der Waals surface area contributed by atoms with E-state index in [0.29, 0.717) is 22.9 Å². The fraction of sp³-hybridized carbons (Fsp3) is 0.636. The van der Waals surface area contributed by atoms with Crippen molar-refractivity contribution in [1.82, 2.24) is 9.55 Å². The zero-order valence-corrected chi connectivity index (χ0v) is 10.8. The van der Waals surface area contributed by atoms with Crippen LogP contribution < -0.4 is 5.56 Å². The SMILES string of the molecule is CC(CCl)CSc1nccn(C2CC2)c1=O. The lowest BCUT2D eigenvalue weighted by Gasteiger charge is -2.07. The summed E-state index contributed by atoms with van der Waals surface area (Å²) >= 11 is 7.24. The van der Waals surface area contributed by atoms with Crippen molar-refractivity contribution in [2.24, 2.45) is 5.92 Å². The third kappa shape index (κ3) is 2.80. The van der Waals surface area contributed by atoms with Crippen molar-refractivity contribution < 1.29 is 0 Å². The van der Waals surface area contributed by atoms with Gasteiger partial charge in [-0.3, -0.25) is 4.79 Å². The zero-order valence-electron chi connectivity index (χ0n) is 9.23. The molecule has 1 aromatic heterocycles. The van der Waals surface area contributed by atoms with E-state index < -0.39 is 0 Å². The molecule has 1 heterocycles. The monoisotopic (exact) mass is 258 g/mol. The van der Waals surface area contributed by atoms with E-state index in [1.807, 2.05) is 0 Å². The van der Waals surface area contributed by atoms with Gasteiger partial charge in [-0.1, -0.05) is 6.92 Å². The minimum Gasteiger partial charge on any atom is -0.309 e. The molecule has 3 nitrogen and oxygen atoms in total. The van der Waals surface area contributed by atoms with Gasteiger partial charge in [0, 0.05) is 30.1 Å². The highest BCUT2D eigenvalue weighted by molar-refractivity contribution is 7.99. The molecule has 0 spiro atoms. The first kappa shape index (κ1) is 12.0. The van der Waals surface area contributed by atoms with Gasteiger partial charge >= 0.3 is 0 Å². The summed E-state index contributed by atoms with van der Waals surface area (Å²) in [5.41, 5.74) is 0.0526. The van der Waals surface area contributed by atoms with E-state index in [0.717, 1.165) is 18.6 Å². The predicted octanol–water partition coefficient (Wildman–Crippen LogP) is 2.55. The molecule has 1 fully saturated rings. The lowest BCUT2D eigenvalue weighted by Crippen LogP contribution is -2.21. The minimum absolute atomic E-state index is 0.0526. The van der Waals surface area contributed by atoms with Gasteiger partial charge in [0.05, 0.1) is 0 Å². The summed E-state index contributed by atoms with van der Waals surface area (Å²) in [5, 5.41) is 0.603. The summed E-state index contributed by atoms with van der Waals surface area (Å²) < 4.78 is 1.81. The van der Waals surface area contributed by atoms with Crippen molar-refractivity contribution in [1.29, 1.82) is 0 Å². The summed E-state index contributed by atoms with van der Waals surface area (Å²) in [5.74, 6) is 1.87. The fourth-order valence-electron chi connectivity index (χ4n) is 1.41. The Hall–Kier alpha value is -0.480. The molecule has 0 bridgehead atoms. The summed E-state index contributed by atoms with van der Waals surface area (Å²) in [6.07, 6.45) is 5.74. The Morgan fingerprint density at radius 1 is 1.69 bits per heavy atom. The van der Waals surface area contributed by atoms with E-state index in [4.69, 9.17) is 11.6 Å². The molecule has 0 saturated heterocycles. The van der Waals surface area contributed by atoms with Crippen molar-refractivity contribution in [2.45, 2.75) is 30.8 Å². The molecule has 0 radical (unpaired) electrons. The van der Waals surface area contributed by atoms with Gasteiger partial charge in [0.25, 0.3) is 5.56 Å². The minimum atomic E-state index is 0.0526. The first-order chi connectivity index (χ1) is 7.72. The van der Waals surface area contributed by atoms with E-state index in [1.165, 1.54) is 11.8 Å². The molecule has 16 heavy (non-hydrogen) atoms. The van der Waals surface area contributed by atoms with E-state index in [-0.39, 0.29) is 5.56 Å². The maximum absolute atomic E-state index is 12.0. The van der Waals surface area contributed by atoms with Crippen molar-refractivity contribution in [3.05, 3.63) is 22.7 Å². The van der Waals surface area contributed by atoms with Gasteiger partial charge in [0.1, 0.15) is 0 Å². The maximum Gasteiger partial charge on any atom is 0.283 e. The van der Waals surface area contributed by atoms with Crippen LogP contribution in [0.5, 0.6) is 0 Å². The van der Waals surface area contributed by atoms with Crippen LogP contribution in [0.25, 0.3) is 0 Å². The largest absolute Gasteiger partial charge is 0.309 e. The number of aromatic nitrogens is 2. The Balaban J connectivity index is 2.09. The van der Waals surface area contributed by atoms with E-state index in [1.54, 1.807) is 17.0 Å². The Morgan fingerprint density at radius 3 is 3.06 bits per heavy atom. The van der Waals surface area contributed by atoms with Crippen molar-refractivity contribution in [2.75, 3.05) is 11.6 Å². The second-order valence-electron chi connectivity index (χ2n) is 4.25. The molecule has 0 N–H and O–H groups in total. The molecular weight excluding hydrogens is 244 g/mol. The number of nitrogens with zero attached hydrogens (tertiary/aromatic N) is 2. The second-order valence-corrected chi connectivity index (χ2v) is 5.56. The lowest BCUT2D eigenvalue weighted by atomic mass is 10.3. The Bertz CT molecular complexity index is 417. The molecule has 1 unspecified atom stereocenters. The quantitative estimate of drug-likeness (QED) is 0.601. The summed E-state index contributed by atoms with van der Waals surface area (Å²) in [6.45, 7) is 2.07. The Kier molecular flexibility index (Phi) is 3.92. The maximum atomic E-state index is 12.0. The van der Waals surface area contributed by atoms with Crippen LogP contribution in [0, 0.1) is 5.92 Å². The molecule has 5 heteroatoms. The Morgan fingerprint density at radius 2 is 2.44 bits per heavy atom. The first-order valence-corrected chi connectivity index (χ1v) is 7.00. The van der Waals surface area contributed by atoms with Crippen LogP contribution in [0.4, 0.5) is 0 Å². The molecule has 1 aliphatic rings. The van der Waals surface area contributed by atoms with Gasteiger partial charge in [-0.2, -0.15) is 0 Å². The molecular formula is C11H15ClN2OS. The van der Waals surface area contributed by atoms with Gasteiger partial charge in [-0.15, -0.1) is 23.4 Å². The van der Waals surface area contributed by atoms with Crippen LogP contribution in [0.2, 0.25) is 0 Å². The standard InChI is InChI=1S/C11H15ClN2OS/c1-8(6-12)7-16-10-11(15)14(5-4-13-10)9-2-3-9/h4-5,8-9H,2-3,6-7H2,1H3. The normalized spacial score (nSPS) is 17.4. The zero-order chi connectivity index (χ0) is 11.5. The molecule has 1 aliphatic carbocycles. The average Bonchev–Trinajstić information content (AvgIpc) is 3.11. The molecule has 0 aromatic carbocycles. The Labute approximate surface area is 104 Å². The highest BCUT2D eigenvalue weighted by Crippen LogP contribution is 2.33. The average molecular weight is 259 g/mol. The van der Waals surface area contributed by atoms with Crippen LogP contribution in [0.15, 0.2) is 22.2 Å². The first-order valence-electron chi connectivity index (χ1n) is 5.48. The highest BCUT2D eigenvalue weighted by Gasteiger charge is 2.25. The summed E-state index contributed by atoms with van der Waals surface area (Å²) in [6, 6.07) is 0.417. The van der Waals surface area contributed by atoms with Crippen LogP contribution in [-0.4, -0.2) is 21.2 Å². The van der Waals surface area contributed by atoms with Crippen molar-refractivity contribution in [3.8, 4) is 0 Å². The van der Waals surface area contributed by atoms with Crippen molar-refractivity contribution >= 4 is 23.4 Å². The molecule has 0 aliphatic heterocycles. The van der Waals surface area contributed by atoms with Gasteiger partial charge in [0.2, 0.25) is 0 Å². The van der Waals surface area contributed by atoms with Crippen LogP contribution >= 0.6 is 23.4 Å². The number of hydrogen-bond acceptors (Lipinski definition) is 3. The van der Waals surface area contributed by atoms with Gasteiger partial charge in [0.15, 0.2) is 5.03 Å². The van der Waals surface area contributed by atoms with Gasteiger partial charge in [-0.25, -0.2) is 4.98 Å². The molecule has 0 amide bonds. The third-order valence-corrected chi connectivity index (χ3v) is 4.36. The molecule has 1 aromatic rings. The number of hydrogen-bond donors (Lipinski definition) is 0. The highest BCUT2D eigenvalue weighted by atomic mass is 35.5. The fourth-order valence-corrected chi connectivity index (χ4v) is 2.57. The number of thioether (sulfide) groups is 1. The van der Waals surface area contributed by atoms with Crippen LogP contribution in [-0.2, 0) is 0 Å². The van der Waals surface area contributed by atoms with Crippen LogP contribution in [0.3, 0.4) is 0 Å². The molecule has 88 valence electrons. The van der Waals surface area contributed by atoms with Crippen molar-refractivity contribution in [3.63, 3.8) is 0 Å². The lowest BCUT2D eigenvalue weighted by molar-refractivity contribution is 0.673. The van der Waals surface area contributed by atoms with E-state index in [2.05, 4.69) is 11.9 Å².